The van der Waals surface area contributed by atoms with Gasteiger partial charge in [-0.2, -0.15) is 0 Å². The SMILES string of the molecule is CCCN(C(=O)c1cc(Cl)c(Br)c(S(=O)(=O)Cl)c1)C1CC1. The van der Waals surface area contributed by atoms with Gasteiger partial charge in [0.15, 0.2) is 0 Å². The second-order valence-electron chi connectivity index (χ2n) is 4.94. The lowest BCUT2D eigenvalue weighted by Gasteiger charge is -2.22. The lowest BCUT2D eigenvalue weighted by molar-refractivity contribution is 0.0743. The van der Waals surface area contributed by atoms with Crippen molar-refractivity contribution in [2.24, 2.45) is 0 Å². The number of amides is 1. The van der Waals surface area contributed by atoms with Crippen molar-refractivity contribution in [1.29, 1.82) is 0 Å². The molecule has 1 aliphatic rings. The Balaban J connectivity index is 2.44. The zero-order valence-corrected chi connectivity index (χ0v) is 15.2. The summed E-state index contributed by atoms with van der Waals surface area (Å²) in [5.74, 6) is -0.213. The fourth-order valence-corrected chi connectivity index (χ4v) is 4.49. The summed E-state index contributed by atoms with van der Waals surface area (Å²) in [5.41, 5.74) is 0.239. The zero-order valence-electron chi connectivity index (χ0n) is 11.3. The van der Waals surface area contributed by atoms with Crippen molar-refractivity contribution in [3.05, 3.63) is 27.2 Å². The number of halogens is 3. The van der Waals surface area contributed by atoms with Crippen molar-refractivity contribution >= 4 is 53.2 Å². The first-order valence-electron chi connectivity index (χ1n) is 6.50. The molecule has 0 aromatic heterocycles. The van der Waals surface area contributed by atoms with Crippen molar-refractivity contribution in [2.75, 3.05) is 6.54 Å². The van der Waals surface area contributed by atoms with Crippen LogP contribution in [0.1, 0.15) is 36.5 Å². The summed E-state index contributed by atoms with van der Waals surface area (Å²) in [6, 6.07) is 2.98. The number of benzene rings is 1. The van der Waals surface area contributed by atoms with Crippen LogP contribution in [0.25, 0.3) is 0 Å². The van der Waals surface area contributed by atoms with Gasteiger partial charge in [0.2, 0.25) is 0 Å². The topological polar surface area (TPSA) is 54.5 Å². The zero-order chi connectivity index (χ0) is 15.8. The van der Waals surface area contributed by atoms with Gasteiger partial charge >= 0.3 is 0 Å². The predicted octanol–water partition coefficient (Wildman–Crippen LogP) is 4.04. The summed E-state index contributed by atoms with van der Waals surface area (Å²) in [4.78, 5) is 14.2. The lowest BCUT2D eigenvalue weighted by atomic mass is 10.2. The van der Waals surface area contributed by atoms with Crippen molar-refractivity contribution in [3.8, 4) is 0 Å². The summed E-state index contributed by atoms with van der Waals surface area (Å²) in [6.07, 6.45) is 2.81. The van der Waals surface area contributed by atoms with Gasteiger partial charge in [-0.25, -0.2) is 8.42 Å². The second-order valence-corrected chi connectivity index (χ2v) is 8.67. The van der Waals surface area contributed by atoms with E-state index in [1.54, 1.807) is 4.90 Å². The third kappa shape index (κ3) is 3.92. The highest BCUT2D eigenvalue weighted by atomic mass is 79.9. The van der Waals surface area contributed by atoms with Gasteiger partial charge < -0.3 is 4.90 Å². The molecule has 116 valence electrons. The van der Waals surface area contributed by atoms with Crippen LogP contribution < -0.4 is 0 Å². The lowest BCUT2D eigenvalue weighted by Crippen LogP contribution is -2.33. The number of hydrogen-bond donors (Lipinski definition) is 0. The van der Waals surface area contributed by atoms with E-state index in [0.717, 1.165) is 19.3 Å². The molecule has 0 saturated heterocycles. The van der Waals surface area contributed by atoms with Gasteiger partial charge in [-0.3, -0.25) is 4.79 Å². The van der Waals surface area contributed by atoms with E-state index in [4.69, 9.17) is 22.3 Å². The van der Waals surface area contributed by atoms with Crippen molar-refractivity contribution in [2.45, 2.75) is 37.1 Å². The third-order valence-electron chi connectivity index (χ3n) is 3.22. The molecule has 0 radical (unpaired) electrons. The quantitative estimate of drug-likeness (QED) is 0.683. The number of nitrogens with zero attached hydrogens (tertiary/aromatic N) is 1. The Kier molecular flexibility index (Phi) is 5.23. The smallest absolute Gasteiger partial charge is 0.262 e. The standard InChI is InChI=1S/C13H14BrCl2NO3S/c1-2-5-17(9-3-4-9)13(18)8-6-10(15)12(14)11(7-8)21(16,19)20/h6-7,9H,2-5H2,1H3. The van der Waals surface area contributed by atoms with E-state index in [0.29, 0.717) is 6.54 Å². The summed E-state index contributed by atoms with van der Waals surface area (Å²) < 4.78 is 23.3. The number of carbonyl (C=O) groups is 1. The molecule has 1 fully saturated rings. The van der Waals surface area contributed by atoms with E-state index < -0.39 is 9.05 Å². The average Bonchev–Trinajstić information content (AvgIpc) is 3.21. The van der Waals surface area contributed by atoms with E-state index in [9.17, 15) is 13.2 Å². The van der Waals surface area contributed by atoms with Crippen molar-refractivity contribution in [3.63, 3.8) is 0 Å². The molecular formula is C13H14BrCl2NO3S. The van der Waals surface area contributed by atoms with E-state index in [2.05, 4.69) is 15.9 Å². The molecule has 0 heterocycles. The van der Waals surface area contributed by atoms with Crippen molar-refractivity contribution in [1.82, 2.24) is 4.90 Å². The van der Waals surface area contributed by atoms with Crippen LogP contribution in [0, 0.1) is 0 Å². The molecule has 0 spiro atoms. The highest BCUT2D eigenvalue weighted by Crippen LogP contribution is 2.35. The molecule has 2 rings (SSSR count). The molecule has 1 aliphatic carbocycles. The first-order valence-corrected chi connectivity index (χ1v) is 9.98. The summed E-state index contributed by atoms with van der Waals surface area (Å²) >= 11 is 9.09. The molecule has 1 saturated carbocycles. The normalized spacial score (nSPS) is 15.0. The summed E-state index contributed by atoms with van der Waals surface area (Å²) in [7, 11) is 1.40. The van der Waals surface area contributed by atoms with Crippen LogP contribution in [0.15, 0.2) is 21.5 Å². The van der Waals surface area contributed by atoms with E-state index >= 15 is 0 Å². The van der Waals surface area contributed by atoms with Crippen LogP contribution in [-0.4, -0.2) is 31.8 Å². The molecule has 1 aromatic rings. The van der Waals surface area contributed by atoms with E-state index in [-0.39, 0.29) is 31.9 Å². The molecule has 0 bridgehead atoms. The maximum Gasteiger partial charge on any atom is 0.262 e. The molecule has 0 atom stereocenters. The van der Waals surface area contributed by atoms with Gasteiger partial charge in [0.05, 0.1) is 14.4 Å². The van der Waals surface area contributed by atoms with E-state index in [1.807, 2.05) is 6.92 Å². The number of carbonyl (C=O) groups excluding carboxylic acids is 1. The van der Waals surface area contributed by atoms with Gasteiger partial charge in [0, 0.05) is 28.8 Å². The largest absolute Gasteiger partial charge is 0.336 e. The number of rotatable bonds is 5. The highest BCUT2D eigenvalue weighted by Gasteiger charge is 2.33. The first-order chi connectivity index (χ1) is 9.75. The molecule has 0 N–H and O–H groups in total. The molecule has 21 heavy (non-hydrogen) atoms. The Morgan fingerprint density at radius 3 is 2.52 bits per heavy atom. The average molecular weight is 415 g/mol. The monoisotopic (exact) mass is 413 g/mol. The minimum Gasteiger partial charge on any atom is -0.336 e. The van der Waals surface area contributed by atoms with Gasteiger partial charge in [-0.05, 0) is 47.3 Å². The van der Waals surface area contributed by atoms with E-state index in [1.165, 1.54) is 12.1 Å². The van der Waals surface area contributed by atoms with Crippen LogP contribution in [0.2, 0.25) is 5.02 Å². The molecule has 0 aliphatic heterocycles. The summed E-state index contributed by atoms with van der Waals surface area (Å²) in [6.45, 7) is 2.63. The van der Waals surface area contributed by atoms with Gasteiger partial charge in [0.1, 0.15) is 0 Å². The maximum absolute atomic E-state index is 12.6. The van der Waals surface area contributed by atoms with Crippen LogP contribution in [0.5, 0.6) is 0 Å². The third-order valence-corrected chi connectivity index (χ3v) is 6.21. The first kappa shape index (κ1) is 17.1. The molecule has 1 aromatic carbocycles. The molecular weight excluding hydrogens is 401 g/mol. The van der Waals surface area contributed by atoms with Gasteiger partial charge in [-0.1, -0.05) is 18.5 Å². The number of hydrogen-bond acceptors (Lipinski definition) is 3. The van der Waals surface area contributed by atoms with Crippen LogP contribution in [-0.2, 0) is 9.05 Å². The molecule has 0 unspecified atom stereocenters. The van der Waals surface area contributed by atoms with Crippen LogP contribution >= 0.6 is 38.2 Å². The maximum atomic E-state index is 12.6. The molecule has 4 nitrogen and oxygen atoms in total. The fourth-order valence-electron chi connectivity index (χ4n) is 2.11. The molecule has 8 heteroatoms. The van der Waals surface area contributed by atoms with Gasteiger partial charge in [-0.15, -0.1) is 0 Å². The minimum atomic E-state index is -3.98. The van der Waals surface area contributed by atoms with Crippen LogP contribution in [0.4, 0.5) is 0 Å². The van der Waals surface area contributed by atoms with Crippen LogP contribution in [0.3, 0.4) is 0 Å². The highest BCUT2D eigenvalue weighted by molar-refractivity contribution is 9.10. The molecule has 1 amide bonds. The minimum absolute atomic E-state index is 0.146. The predicted molar refractivity (Wildman–Crippen MR) is 86.5 cm³/mol. The Bertz CT molecular complexity index is 674. The second kappa shape index (κ2) is 6.44. The fraction of sp³-hybridized carbons (Fsp3) is 0.462. The van der Waals surface area contributed by atoms with Gasteiger partial charge in [0.25, 0.3) is 15.0 Å². The Morgan fingerprint density at radius 1 is 1.43 bits per heavy atom. The van der Waals surface area contributed by atoms with Crippen molar-refractivity contribution < 1.29 is 13.2 Å². The summed E-state index contributed by atoms with van der Waals surface area (Å²) in [5, 5.41) is 0.146. The Morgan fingerprint density at radius 2 is 2.05 bits per heavy atom. The Labute approximate surface area is 142 Å². The Hall–Kier alpha value is -0.300.